The number of carbonyl (C=O) groups excluding carboxylic acids is 2. The quantitative estimate of drug-likeness (QED) is 0.347. The molecule has 2 aromatic carbocycles. The lowest BCUT2D eigenvalue weighted by Gasteiger charge is -2.11. The van der Waals surface area contributed by atoms with Crippen LogP contribution in [0.15, 0.2) is 42.5 Å². The number of nitrogens with one attached hydrogen (secondary N) is 1. The normalized spacial score (nSPS) is 10.4. The molecule has 1 N–H and O–H groups in total. The van der Waals surface area contributed by atoms with Crippen LogP contribution in [0.2, 0.25) is 0 Å². The highest BCUT2D eigenvalue weighted by Crippen LogP contribution is 2.29. The number of esters is 1. The molecule has 0 bridgehead atoms. The predicted octanol–water partition coefficient (Wildman–Crippen LogP) is 3.26. The fourth-order valence-corrected chi connectivity index (χ4v) is 2.88. The minimum absolute atomic E-state index is 0.109. The number of nitro groups is 1. The molecule has 3 rings (SSSR count). The summed E-state index contributed by atoms with van der Waals surface area (Å²) in [4.78, 5) is 39.4. The number of rotatable bonds is 7. The molecule has 0 aliphatic rings. The zero-order valence-corrected chi connectivity index (χ0v) is 17.0. The van der Waals surface area contributed by atoms with E-state index in [0.717, 1.165) is 0 Å². The van der Waals surface area contributed by atoms with Gasteiger partial charge in [-0.15, -0.1) is 0 Å². The maximum absolute atomic E-state index is 12.5. The molecule has 10 heteroatoms. The number of amides is 1. The van der Waals surface area contributed by atoms with Gasteiger partial charge in [0.25, 0.3) is 11.6 Å². The number of anilines is 1. The Morgan fingerprint density at radius 3 is 2.55 bits per heavy atom. The second kappa shape index (κ2) is 9.08. The maximum Gasteiger partial charge on any atom is 0.340 e. The van der Waals surface area contributed by atoms with Gasteiger partial charge in [-0.25, -0.2) is 4.79 Å². The van der Waals surface area contributed by atoms with E-state index >= 15 is 0 Å². The van der Waals surface area contributed by atoms with Gasteiger partial charge in [-0.1, -0.05) is 0 Å². The summed E-state index contributed by atoms with van der Waals surface area (Å²) >= 11 is 0. The van der Waals surface area contributed by atoms with Crippen molar-refractivity contribution in [3.05, 3.63) is 63.8 Å². The number of non-ortho nitro benzene ring substituents is 1. The average molecular weight is 425 g/mol. The Morgan fingerprint density at radius 2 is 1.87 bits per heavy atom. The summed E-state index contributed by atoms with van der Waals surface area (Å²) in [5, 5.41) is 14.0. The van der Waals surface area contributed by atoms with Crippen molar-refractivity contribution in [2.24, 2.45) is 0 Å². The van der Waals surface area contributed by atoms with Gasteiger partial charge in [0.1, 0.15) is 11.5 Å². The number of pyridine rings is 1. The van der Waals surface area contributed by atoms with Gasteiger partial charge in [0.15, 0.2) is 6.61 Å². The van der Waals surface area contributed by atoms with E-state index in [1.807, 2.05) is 0 Å². The Kier molecular flexibility index (Phi) is 6.29. The van der Waals surface area contributed by atoms with E-state index < -0.39 is 23.4 Å². The summed E-state index contributed by atoms with van der Waals surface area (Å²) in [6.45, 7) is 1.11. The van der Waals surface area contributed by atoms with Crippen LogP contribution < -0.4 is 14.8 Å². The van der Waals surface area contributed by atoms with Gasteiger partial charge in [0.05, 0.1) is 47.7 Å². The highest BCUT2D eigenvalue weighted by Gasteiger charge is 2.17. The van der Waals surface area contributed by atoms with E-state index in [4.69, 9.17) is 14.2 Å². The summed E-state index contributed by atoms with van der Waals surface area (Å²) in [6, 6.07) is 10.7. The molecule has 0 unspecified atom stereocenters. The average Bonchev–Trinajstić information content (AvgIpc) is 2.76. The molecule has 0 spiro atoms. The summed E-state index contributed by atoms with van der Waals surface area (Å²) in [6.07, 6.45) is 0. The number of aromatic nitrogens is 1. The molecule has 10 nitrogen and oxygen atoms in total. The van der Waals surface area contributed by atoms with E-state index in [2.05, 4.69) is 10.3 Å². The predicted molar refractivity (Wildman–Crippen MR) is 112 cm³/mol. The zero-order chi connectivity index (χ0) is 22.5. The van der Waals surface area contributed by atoms with Gasteiger partial charge in [-0.2, -0.15) is 0 Å². The number of hydrogen-bond acceptors (Lipinski definition) is 8. The van der Waals surface area contributed by atoms with Crippen molar-refractivity contribution >= 4 is 34.2 Å². The Labute approximate surface area is 176 Å². The van der Waals surface area contributed by atoms with Gasteiger partial charge in [0, 0.05) is 11.5 Å². The topological polar surface area (TPSA) is 130 Å². The summed E-state index contributed by atoms with van der Waals surface area (Å²) < 4.78 is 15.4. The molecule has 0 fully saturated rings. The minimum atomic E-state index is -0.708. The van der Waals surface area contributed by atoms with Gasteiger partial charge in [-0.05, 0) is 37.3 Å². The van der Waals surface area contributed by atoms with Crippen LogP contribution in [0, 0.1) is 17.0 Å². The fourth-order valence-electron chi connectivity index (χ4n) is 2.88. The van der Waals surface area contributed by atoms with Crippen molar-refractivity contribution in [1.82, 2.24) is 4.98 Å². The number of carbonyl (C=O) groups is 2. The second-order valence-electron chi connectivity index (χ2n) is 6.45. The van der Waals surface area contributed by atoms with Crippen LogP contribution in [0.3, 0.4) is 0 Å². The highest BCUT2D eigenvalue weighted by atomic mass is 16.6. The molecule has 160 valence electrons. The van der Waals surface area contributed by atoms with E-state index in [1.54, 1.807) is 31.2 Å². The Bertz CT molecular complexity index is 1180. The maximum atomic E-state index is 12.5. The third-order valence-electron chi connectivity index (χ3n) is 4.44. The third kappa shape index (κ3) is 4.86. The molecule has 0 aliphatic carbocycles. The lowest BCUT2D eigenvalue weighted by molar-refractivity contribution is -0.384. The first-order valence-corrected chi connectivity index (χ1v) is 9.07. The standard InChI is InChI=1S/C21H19N3O7/c1-12-16(9-13-8-15(29-2)5-7-17(13)22-12)21(26)31-11-20(25)23-18-6-4-14(24(27)28)10-19(18)30-3/h4-10H,11H2,1-3H3,(H,23,25). The van der Waals surface area contributed by atoms with Crippen LogP contribution in [-0.2, 0) is 9.53 Å². The van der Waals surface area contributed by atoms with Crippen LogP contribution in [0.1, 0.15) is 16.1 Å². The molecule has 0 radical (unpaired) electrons. The monoisotopic (exact) mass is 425 g/mol. The van der Waals surface area contributed by atoms with E-state index in [-0.39, 0.29) is 22.7 Å². The molecule has 0 atom stereocenters. The molecule has 0 aliphatic heterocycles. The number of aryl methyl sites for hydroxylation is 1. The number of nitro benzene ring substituents is 1. The number of methoxy groups -OCH3 is 2. The Hall–Kier alpha value is -4.21. The van der Waals surface area contributed by atoms with Crippen LogP contribution >= 0.6 is 0 Å². The molecular formula is C21H19N3O7. The van der Waals surface area contributed by atoms with Crippen LogP contribution in [0.5, 0.6) is 11.5 Å². The van der Waals surface area contributed by atoms with E-state index in [0.29, 0.717) is 22.3 Å². The number of benzene rings is 2. The first-order chi connectivity index (χ1) is 14.8. The lowest BCUT2D eigenvalue weighted by Crippen LogP contribution is -2.21. The van der Waals surface area contributed by atoms with Crippen molar-refractivity contribution < 1.29 is 28.7 Å². The first-order valence-electron chi connectivity index (χ1n) is 9.07. The molecule has 0 saturated carbocycles. The summed E-state index contributed by atoms with van der Waals surface area (Å²) in [5.41, 5.74) is 1.40. The molecule has 31 heavy (non-hydrogen) atoms. The molecule has 1 amide bonds. The van der Waals surface area contributed by atoms with Gasteiger partial charge in [-0.3, -0.25) is 19.9 Å². The number of fused-ring (bicyclic) bond motifs is 1. The molecular weight excluding hydrogens is 406 g/mol. The zero-order valence-electron chi connectivity index (χ0n) is 17.0. The van der Waals surface area contributed by atoms with Crippen molar-refractivity contribution in [3.63, 3.8) is 0 Å². The van der Waals surface area contributed by atoms with E-state index in [9.17, 15) is 19.7 Å². The number of nitrogens with zero attached hydrogens (tertiary/aromatic N) is 2. The van der Waals surface area contributed by atoms with Gasteiger partial charge >= 0.3 is 5.97 Å². The van der Waals surface area contributed by atoms with Crippen LogP contribution in [-0.4, -0.2) is 42.6 Å². The lowest BCUT2D eigenvalue weighted by atomic mass is 10.1. The van der Waals surface area contributed by atoms with Gasteiger partial charge in [0.2, 0.25) is 0 Å². The molecule has 1 aromatic heterocycles. The van der Waals surface area contributed by atoms with Crippen LogP contribution in [0.25, 0.3) is 10.9 Å². The minimum Gasteiger partial charge on any atom is -0.497 e. The molecule has 1 heterocycles. The second-order valence-corrected chi connectivity index (χ2v) is 6.45. The Morgan fingerprint density at radius 1 is 1.10 bits per heavy atom. The largest absolute Gasteiger partial charge is 0.497 e. The summed E-state index contributed by atoms with van der Waals surface area (Å²) in [5.74, 6) is -0.611. The fraction of sp³-hybridized carbons (Fsp3) is 0.190. The van der Waals surface area contributed by atoms with Crippen molar-refractivity contribution in [3.8, 4) is 11.5 Å². The smallest absolute Gasteiger partial charge is 0.340 e. The SMILES string of the molecule is COc1ccc2nc(C)c(C(=O)OCC(=O)Nc3ccc([N+](=O)[O-])cc3OC)cc2c1. The van der Waals surface area contributed by atoms with Crippen molar-refractivity contribution in [2.75, 3.05) is 26.1 Å². The van der Waals surface area contributed by atoms with Crippen LogP contribution in [0.4, 0.5) is 11.4 Å². The third-order valence-corrected chi connectivity index (χ3v) is 4.44. The van der Waals surface area contributed by atoms with Gasteiger partial charge < -0.3 is 19.5 Å². The highest BCUT2D eigenvalue weighted by molar-refractivity contribution is 5.98. The van der Waals surface area contributed by atoms with Crippen molar-refractivity contribution in [1.29, 1.82) is 0 Å². The summed E-state index contributed by atoms with van der Waals surface area (Å²) in [7, 11) is 2.86. The Balaban J connectivity index is 1.70. The van der Waals surface area contributed by atoms with Crippen molar-refractivity contribution in [2.45, 2.75) is 6.92 Å². The molecule has 3 aromatic rings. The first kappa shape index (κ1) is 21.5. The van der Waals surface area contributed by atoms with E-state index in [1.165, 1.54) is 32.4 Å². The number of ether oxygens (including phenoxy) is 3. The number of hydrogen-bond donors (Lipinski definition) is 1. The molecule has 0 saturated heterocycles.